The van der Waals surface area contributed by atoms with Crippen LogP contribution in [0.15, 0.2) is 30.3 Å². The smallest absolute Gasteiger partial charge is 0.316 e. The molecular formula is C26H42N2O4. The highest BCUT2D eigenvalue weighted by Gasteiger charge is 2.40. The zero-order chi connectivity index (χ0) is 23.4. The number of Topliss-reactive ketones (excluding diaryl/α,β-unsaturated/α-hetero) is 1. The molecule has 180 valence electrons. The minimum atomic E-state index is -0.755. The average Bonchev–Trinajstić information content (AvgIpc) is 2.79. The Balaban J connectivity index is 2.02. The van der Waals surface area contributed by atoms with Gasteiger partial charge in [0, 0.05) is 52.6 Å². The maximum Gasteiger partial charge on any atom is 0.316 e. The number of ether oxygens (including phenoxy) is 2. The molecule has 1 saturated heterocycles. The molecule has 0 aliphatic carbocycles. The van der Waals surface area contributed by atoms with E-state index in [4.69, 9.17) is 9.47 Å². The lowest BCUT2D eigenvalue weighted by atomic mass is 9.89. The Hall–Kier alpha value is -1.76. The lowest BCUT2D eigenvalue weighted by molar-refractivity contribution is -0.173. The van der Waals surface area contributed by atoms with Crippen LogP contribution in [0.2, 0.25) is 0 Å². The first kappa shape index (κ1) is 26.5. The Morgan fingerprint density at radius 2 is 1.84 bits per heavy atom. The van der Waals surface area contributed by atoms with E-state index in [-0.39, 0.29) is 12.2 Å². The number of carbonyl (C=O) groups excluding carboxylic acids is 2. The third-order valence-corrected chi connectivity index (χ3v) is 6.42. The number of benzene rings is 1. The number of hydrogen-bond donors (Lipinski definition) is 0. The van der Waals surface area contributed by atoms with Crippen LogP contribution in [0.4, 0.5) is 0 Å². The largest absolute Gasteiger partial charge is 0.457 e. The highest BCUT2D eigenvalue weighted by atomic mass is 16.6. The minimum Gasteiger partial charge on any atom is -0.457 e. The SMILES string of the molecule is CCCCCN(C)CC1(OC(=O)C(C)C(=O)CCOC)CCN(Cc2ccccc2)CC1. The molecule has 0 bridgehead atoms. The normalized spacial score (nSPS) is 17.3. The monoisotopic (exact) mass is 446 g/mol. The Labute approximate surface area is 194 Å². The van der Waals surface area contributed by atoms with E-state index in [9.17, 15) is 9.59 Å². The fourth-order valence-corrected chi connectivity index (χ4v) is 4.31. The zero-order valence-corrected chi connectivity index (χ0v) is 20.5. The van der Waals surface area contributed by atoms with Crippen molar-refractivity contribution in [2.24, 2.45) is 5.92 Å². The van der Waals surface area contributed by atoms with Gasteiger partial charge < -0.3 is 14.4 Å². The van der Waals surface area contributed by atoms with Crippen LogP contribution in [-0.4, -0.2) is 74.1 Å². The van der Waals surface area contributed by atoms with E-state index in [0.29, 0.717) is 13.2 Å². The maximum atomic E-state index is 12.9. The minimum absolute atomic E-state index is 0.121. The van der Waals surface area contributed by atoms with Crippen LogP contribution in [0.3, 0.4) is 0 Å². The van der Waals surface area contributed by atoms with Gasteiger partial charge in [-0.25, -0.2) is 0 Å². The first-order valence-corrected chi connectivity index (χ1v) is 12.1. The highest BCUT2D eigenvalue weighted by molar-refractivity contribution is 5.98. The highest BCUT2D eigenvalue weighted by Crippen LogP contribution is 2.30. The summed E-state index contributed by atoms with van der Waals surface area (Å²) in [5.74, 6) is -1.27. The van der Waals surface area contributed by atoms with Gasteiger partial charge in [0.15, 0.2) is 0 Å². The second-order valence-corrected chi connectivity index (χ2v) is 9.24. The molecule has 1 fully saturated rings. The number of nitrogens with zero attached hydrogens (tertiary/aromatic N) is 2. The van der Waals surface area contributed by atoms with Gasteiger partial charge in [0.1, 0.15) is 17.3 Å². The van der Waals surface area contributed by atoms with Gasteiger partial charge in [-0.2, -0.15) is 0 Å². The van der Waals surface area contributed by atoms with Crippen LogP contribution < -0.4 is 0 Å². The van der Waals surface area contributed by atoms with E-state index < -0.39 is 17.5 Å². The van der Waals surface area contributed by atoms with Crippen molar-refractivity contribution in [3.63, 3.8) is 0 Å². The van der Waals surface area contributed by atoms with E-state index in [1.165, 1.54) is 18.4 Å². The summed E-state index contributed by atoms with van der Waals surface area (Å²) >= 11 is 0. The molecule has 0 saturated carbocycles. The topological polar surface area (TPSA) is 59.1 Å². The van der Waals surface area contributed by atoms with E-state index in [0.717, 1.165) is 45.4 Å². The molecule has 1 heterocycles. The fourth-order valence-electron chi connectivity index (χ4n) is 4.31. The van der Waals surface area contributed by atoms with Crippen LogP contribution in [0, 0.1) is 5.92 Å². The van der Waals surface area contributed by atoms with Gasteiger partial charge in [0.05, 0.1) is 6.61 Å². The van der Waals surface area contributed by atoms with Crippen molar-refractivity contribution in [2.75, 3.05) is 46.9 Å². The zero-order valence-electron chi connectivity index (χ0n) is 20.5. The van der Waals surface area contributed by atoms with Crippen molar-refractivity contribution >= 4 is 11.8 Å². The van der Waals surface area contributed by atoms with Crippen LogP contribution in [0.25, 0.3) is 0 Å². The summed E-state index contributed by atoms with van der Waals surface area (Å²) in [6.45, 7) is 8.54. The number of ketones is 1. The molecule has 0 radical (unpaired) electrons. The second kappa shape index (κ2) is 13.7. The Morgan fingerprint density at radius 1 is 1.16 bits per heavy atom. The summed E-state index contributed by atoms with van der Waals surface area (Å²) in [4.78, 5) is 30.0. The molecule has 0 aromatic heterocycles. The number of hydrogen-bond acceptors (Lipinski definition) is 6. The summed E-state index contributed by atoms with van der Waals surface area (Å²) in [6.07, 6.45) is 5.33. The molecule has 1 aliphatic rings. The predicted octanol–water partition coefficient (Wildman–Crippen LogP) is 3.93. The summed E-state index contributed by atoms with van der Waals surface area (Å²) in [7, 11) is 3.66. The van der Waals surface area contributed by atoms with Crippen LogP contribution in [0.1, 0.15) is 57.9 Å². The second-order valence-electron chi connectivity index (χ2n) is 9.24. The molecule has 1 aromatic rings. The molecule has 2 rings (SSSR count). The fraction of sp³-hybridized carbons (Fsp3) is 0.692. The first-order chi connectivity index (χ1) is 15.4. The Morgan fingerprint density at radius 3 is 2.47 bits per heavy atom. The standard InChI is InChI=1S/C26H42N2O4/c1-5-6-10-16-27(3)21-26(32-25(30)22(2)24(29)13-19-31-4)14-17-28(18-15-26)20-23-11-8-7-9-12-23/h7-9,11-12,22H,5-6,10,13-21H2,1-4H3. The van der Waals surface area contributed by atoms with Crippen molar-refractivity contribution in [1.29, 1.82) is 0 Å². The molecule has 6 heteroatoms. The van der Waals surface area contributed by atoms with Crippen molar-refractivity contribution in [3.05, 3.63) is 35.9 Å². The van der Waals surface area contributed by atoms with Crippen LogP contribution in [-0.2, 0) is 25.6 Å². The molecule has 6 nitrogen and oxygen atoms in total. The molecule has 0 amide bonds. The third-order valence-electron chi connectivity index (χ3n) is 6.42. The van der Waals surface area contributed by atoms with Crippen molar-refractivity contribution < 1.29 is 19.1 Å². The van der Waals surface area contributed by atoms with Gasteiger partial charge in [-0.3, -0.25) is 14.5 Å². The molecule has 1 aromatic carbocycles. The van der Waals surface area contributed by atoms with Gasteiger partial charge in [-0.15, -0.1) is 0 Å². The molecule has 0 spiro atoms. The average molecular weight is 447 g/mol. The molecule has 32 heavy (non-hydrogen) atoms. The molecule has 0 N–H and O–H groups in total. The van der Waals surface area contributed by atoms with Crippen molar-refractivity contribution in [1.82, 2.24) is 9.80 Å². The molecular weight excluding hydrogens is 404 g/mol. The van der Waals surface area contributed by atoms with Crippen molar-refractivity contribution in [3.8, 4) is 0 Å². The predicted molar refractivity (Wildman–Crippen MR) is 127 cm³/mol. The Bertz CT molecular complexity index is 686. The Kier molecular flexibility index (Phi) is 11.4. The molecule has 1 atom stereocenters. The molecule has 1 aliphatic heterocycles. The third kappa shape index (κ3) is 8.64. The van der Waals surface area contributed by atoms with Gasteiger partial charge in [0.25, 0.3) is 0 Å². The lowest BCUT2D eigenvalue weighted by Gasteiger charge is -2.43. The van der Waals surface area contributed by atoms with Crippen LogP contribution in [0.5, 0.6) is 0 Å². The number of rotatable bonds is 14. The number of piperidine rings is 1. The first-order valence-electron chi connectivity index (χ1n) is 12.1. The van der Waals surface area contributed by atoms with Crippen LogP contribution >= 0.6 is 0 Å². The number of likely N-dealkylation sites (tertiary alicyclic amines) is 1. The van der Waals surface area contributed by atoms with Gasteiger partial charge in [-0.1, -0.05) is 50.1 Å². The number of unbranched alkanes of at least 4 members (excludes halogenated alkanes) is 2. The number of esters is 1. The maximum absolute atomic E-state index is 12.9. The summed E-state index contributed by atoms with van der Waals surface area (Å²) in [6, 6.07) is 10.5. The van der Waals surface area contributed by atoms with Gasteiger partial charge >= 0.3 is 5.97 Å². The van der Waals surface area contributed by atoms with E-state index in [1.807, 2.05) is 6.07 Å². The lowest BCUT2D eigenvalue weighted by Crippen LogP contribution is -2.53. The summed E-state index contributed by atoms with van der Waals surface area (Å²) in [5.41, 5.74) is 0.757. The van der Waals surface area contributed by atoms with Gasteiger partial charge in [0.2, 0.25) is 0 Å². The quantitative estimate of drug-likeness (QED) is 0.245. The van der Waals surface area contributed by atoms with E-state index in [1.54, 1.807) is 14.0 Å². The van der Waals surface area contributed by atoms with Crippen molar-refractivity contribution in [2.45, 2.75) is 64.5 Å². The summed E-state index contributed by atoms with van der Waals surface area (Å²) in [5, 5.41) is 0. The summed E-state index contributed by atoms with van der Waals surface area (Å²) < 4.78 is 11.1. The van der Waals surface area contributed by atoms with Gasteiger partial charge in [-0.05, 0) is 32.5 Å². The number of carbonyl (C=O) groups is 2. The van der Waals surface area contributed by atoms with E-state index >= 15 is 0 Å². The number of likely N-dealkylation sites (N-methyl/N-ethyl adjacent to an activating group) is 1. The molecule has 1 unspecified atom stereocenters. The van der Waals surface area contributed by atoms with E-state index in [2.05, 4.69) is 48.0 Å². The number of methoxy groups -OCH3 is 1.